The molecule has 3 heterocycles. The lowest BCUT2D eigenvalue weighted by molar-refractivity contribution is 0.234. The molecule has 0 radical (unpaired) electrons. The fourth-order valence-electron chi connectivity index (χ4n) is 2.58. The van der Waals surface area contributed by atoms with Crippen molar-refractivity contribution in [1.29, 1.82) is 0 Å². The van der Waals surface area contributed by atoms with Crippen molar-refractivity contribution in [3.8, 4) is 16.5 Å². The van der Waals surface area contributed by atoms with Crippen LogP contribution >= 0.6 is 11.3 Å². The topological polar surface area (TPSA) is 52.0 Å². The Morgan fingerprint density at radius 3 is 2.85 bits per heavy atom. The van der Waals surface area contributed by atoms with E-state index in [1.165, 1.54) is 0 Å². The van der Waals surface area contributed by atoms with E-state index in [1.807, 2.05) is 11.4 Å². The third kappa shape index (κ3) is 2.23. The summed E-state index contributed by atoms with van der Waals surface area (Å²) >= 11 is 1.64. The fraction of sp³-hybridized carbons (Fsp3) is 0.571. The number of rotatable bonds is 2. The molecule has 1 aliphatic rings. The minimum absolute atomic E-state index is 0.121. The van der Waals surface area contributed by atoms with E-state index in [4.69, 9.17) is 4.74 Å². The summed E-state index contributed by atoms with van der Waals surface area (Å²) in [6.45, 7) is 8.53. The van der Waals surface area contributed by atoms with Gasteiger partial charge in [0.15, 0.2) is 11.6 Å². The first-order chi connectivity index (χ1) is 9.50. The van der Waals surface area contributed by atoms with Crippen LogP contribution in [0.2, 0.25) is 0 Å². The third-order valence-corrected chi connectivity index (χ3v) is 4.52. The monoisotopic (exact) mass is 292 g/mol. The Morgan fingerprint density at radius 2 is 2.20 bits per heavy atom. The summed E-state index contributed by atoms with van der Waals surface area (Å²) < 4.78 is 7.49. The first-order valence-corrected chi connectivity index (χ1v) is 7.68. The van der Waals surface area contributed by atoms with E-state index in [2.05, 4.69) is 40.9 Å². The molecule has 2 aromatic heterocycles. The Hall–Kier alpha value is -1.40. The SMILES string of the molecule is COc1csc(-c2nnc3n2CCNC3C(C)(C)C)c1. The number of fused-ring (bicyclic) bond motifs is 1. The van der Waals surface area contributed by atoms with Crippen molar-refractivity contribution in [3.63, 3.8) is 0 Å². The van der Waals surface area contributed by atoms with Gasteiger partial charge in [0.25, 0.3) is 0 Å². The highest BCUT2D eigenvalue weighted by atomic mass is 32.1. The molecule has 5 nitrogen and oxygen atoms in total. The van der Waals surface area contributed by atoms with Gasteiger partial charge in [-0.3, -0.25) is 0 Å². The minimum Gasteiger partial charge on any atom is -0.496 e. The molecule has 108 valence electrons. The Balaban J connectivity index is 2.02. The molecule has 0 aromatic carbocycles. The van der Waals surface area contributed by atoms with Crippen LogP contribution in [0.15, 0.2) is 11.4 Å². The van der Waals surface area contributed by atoms with E-state index in [9.17, 15) is 0 Å². The summed E-state index contributed by atoms with van der Waals surface area (Å²) in [5, 5.41) is 14.4. The van der Waals surface area contributed by atoms with Crippen LogP contribution in [-0.4, -0.2) is 28.4 Å². The van der Waals surface area contributed by atoms with E-state index in [1.54, 1.807) is 18.4 Å². The van der Waals surface area contributed by atoms with Crippen molar-refractivity contribution in [2.24, 2.45) is 5.41 Å². The van der Waals surface area contributed by atoms with Gasteiger partial charge in [0.2, 0.25) is 0 Å². The molecule has 0 fully saturated rings. The van der Waals surface area contributed by atoms with Crippen LogP contribution in [0.4, 0.5) is 0 Å². The average molecular weight is 292 g/mol. The van der Waals surface area contributed by atoms with E-state index < -0.39 is 0 Å². The standard InChI is InChI=1S/C14H20N4OS/c1-14(2,3)11-13-17-16-12(18(13)6-5-15-11)10-7-9(19-4)8-20-10/h7-8,11,15H,5-6H2,1-4H3. The number of methoxy groups -OCH3 is 1. The summed E-state index contributed by atoms with van der Waals surface area (Å²) in [6.07, 6.45) is 0. The van der Waals surface area contributed by atoms with Gasteiger partial charge < -0.3 is 14.6 Å². The molecule has 6 heteroatoms. The molecule has 0 spiro atoms. The molecule has 0 saturated heterocycles. The van der Waals surface area contributed by atoms with Crippen LogP contribution in [-0.2, 0) is 6.54 Å². The Bertz CT molecular complexity index is 611. The van der Waals surface area contributed by atoms with Crippen LogP contribution < -0.4 is 10.1 Å². The van der Waals surface area contributed by atoms with E-state index >= 15 is 0 Å². The number of hydrogen-bond donors (Lipinski definition) is 1. The molecule has 0 aliphatic carbocycles. The molecule has 1 unspecified atom stereocenters. The zero-order chi connectivity index (χ0) is 14.3. The highest BCUT2D eigenvalue weighted by Crippen LogP contribution is 2.37. The molecule has 3 rings (SSSR count). The van der Waals surface area contributed by atoms with E-state index in [0.717, 1.165) is 35.4 Å². The van der Waals surface area contributed by atoms with Gasteiger partial charge in [-0.1, -0.05) is 20.8 Å². The summed E-state index contributed by atoms with van der Waals surface area (Å²) in [7, 11) is 1.69. The first kappa shape index (κ1) is 13.6. The summed E-state index contributed by atoms with van der Waals surface area (Å²) in [4.78, 5) is 1.11. The molecule has 2 aromatic rings. The Labute approximate surface area is 123 Å². The van der Waals surface area contributed by atoms with Gasteiger partial charge in [-0.05, 0) is 5.41 Å². The van der Waals surface area contributed by atoms with Gasteiger partial charge in [-0.15, -0.1) is 21.5 Å². The maximum absolute atomic E-state index is 5.25. The normalized spacial score (nSPS) is 18.9. The van der Waals surface area contributed by atoms with Crippen LogP contribution in [0.5, 0.6) is 5.75 Å². The lowest BCUT2D eigenvalue weighted by Crippen LogP contribution is -2.40. The van der Waals surface area contributed by atoms with Gasteiger partial charge in [0.1, 0.15) is 5.75 Å². The highest BCUT2D eigenvalue weighted by molar-refractivity contribution is 7.13. The molecule has 1 atom stereocenters. The van der Waals surface area contributed by atoms with Crippen molar-refractivity contribution >= 4 is 11.3 Å². The van der Waals surface area contributed by atoms with Gasteiger partial charge in [-0.25, -0.2) is 0 Å². The number of aromatic nitrogens is 3. The van der Waals surface area contributed by atoms with Crippen molar-refractivity contribution in [2.45, 2.75) is 33.4 Å². The third-order valence-electron chi connectivity index (χ3n) is 3.62. The van der Waals surface area contributed by atoms with Crippen LogP contribution in [0, 0.1) is 5.41 Å². The Kier molecular flexibility index (Phi) is 3.30. The fourth-order valence-corrected chi connectivity index (χ4v) is 3.43. The first-order valence-electron chi connectivity index (χ1n) is 6.80. The van der Waals surface area contributed by atoms with E-state index in [0.29, 0.717) is 0 Å². The quantitative estimate of drug-likeness (QED) is 0.924. The van der Waals surface area contributed by atoms with Gasteiger partial charge in [0.05, 0.1) is 18.0 Å². The molecular weight excluding hydrogens is 272 g/mol. The molecule has 0 saturated carbocycles. The molecule has 20 heavy (non-hydrogen) atoms. The van der Waals surface area contributed by atoms with Crippen LogP contribution in [0.3, 0.4) is 0 Å². The minimum atomic E-state index is 0.121. The largest absolute Gasteiger partial charge is 0.496 e. The molecule has 0 amide bonds. The smallest absolute Gasteiger partial charge is 0.174 e. The lowest BCUT2D eigenvalue weighted by atomic mass is 9.85. The predicted molar refractivity (Wildman–Crippen MR) is 80.1 cm³/mol. The number of hydrogen-bond acceptors (Lipinski definition) is 5. The summed E-state index contributed by atoms with van der Waals surface area (Å²) in [6, 6.07) is 2.26. The van der Waals surface area contributed by atoms with Crippen molar-refractivity contribution in [1.82, 2.24) is 20.1 Å². The van der Waals surface area contributed by atoms with Crippen LogP contribution in [0.1, 0.15) is 32.6 Å². The predicted octanol–water partition coefficient (Wildman–Crippen LogP) is 2.71. The van der Waals surface area contributed by atoms with Gasteiger partial charge in [0, 0.05) is 24.5 Å². The zero-order valence-corrected chi connectivity index (χ0v) is 13.1. The number of nitrogens with one attached hydrogen (secondary N) is 1. The van der Waals surface area contributed by atoms with Crippen molar-refractivity contribution in [3.05, 3.63) is 17.3 Å². The molecule has 1 N–H and O–H groups in total. The lowest BCUT2D eigenvalue weighted by Gasteiger charge is -2.34. The highest BCUT2D eigenvalue weighted by Gasteiger charge is 2.34. The number of nitrogens with zero attached hydrogens (tertiary/aromatic N) is 3. The number of thiophene rings is 1. The van der Waals surface area contributed by atoms with E-state index in [-0.39, 0.29) is 11.5 Å². The average Bonchev–Trinajstić information content (AvgIpc) is 3.02. The number of ether oxygens (including phenoxy) is 1. The summed E-state index contributed by atoms with van der Waals surface area (Å²) in [5.74, 6) is 2.86. The second kappa shape index (κ2) is 4.86. The second-order valence-electron chi connectivity index (χ2n) is 6.14. The van der Waals surface area contributed by atoms with Crippen molar-refractivity contribution < 1.29 is 4.74 Å². The summed E-state index contributed by atoms with van der Waals surface area (Å²) in [5.41, 5.74) is 0.121. The van der Waals surface area contributed by atoms with Gasteiger partial charge >= 0.3 is 0 Å². The molecular formula is C14H20N4OS. The van der Waals surface area contributed by atoms with Crippen molar-refractivity contribution in [2.75, 3.05) is 13.7 Å². The maximum atomic E-state index is 5.25. The molecule has 1 aliphatic heterocycles. The Morgan fingerprint density at radius 1 is 1.40 bits per heavy atom. The van der Waals surface area contributed by atoms with Crippen LogP contribution in [0.25, 0.3) is 10.7 Å². The van der Waals surface area contributed by atoms with Gasteiger partial charge in [-0.2, -0.15) is 0 Å². The zero-order valence-electron chi connectivity index (χ0n) is 12.3. The second-order valence-corrected chi connectivity index (χ2v) is 7.05. The maximum Gasteiger partial charge on any atom is 0.174 e. The molecule has 0 bridgehead atoms.